The molecule has 5 aromatic rings. The quantitative estimate of drug-likeness (QED) is 0.107. The Balaban J connectivity index is 1.08. The maximum Gasteiger partial charge on any atom is 0.407 e. The Bertz CT molecular complexity index is 2670. The number of nitrogens with zero attached hydrogens (tertiary/aromatic N) is 5. The van der Waals surface area contributed by atoms with E-state index in [2.05, 4.69) is 32.7 Å². The molecule has 8 rings (SSSR count). The first-order valence-corrected chi connectivity index (χ1v) is 21.8. The molecule has 17 heteroatoms. The van der Waals surface area contributed by atoms with Crippen LogP contribution in [0.3, 0.4) is 0 Å². The third-order valence-electron chi connectivity index (χ3n) is 12.9. The van der Waals surface area contributed by atoms with Crippen LogP contribution in [0.1, 0.15) is 88.9 Å². The predicted octanol–water partition coefficient (Wildman–Crippen LogP) is 6.89. The highest BCUT2D eigenvalue weighted by atomic mass is 16.5. The predicted molar refractivity (Wildman–Crippen MR) is 237 cm³/mol. The van der Waals surface area contributed by atoms with Crippen LogP contribution in [0.25, 0.3) is 44.2 Å². The van der Waals surface area contributed by atoms with Crippen LogP contribution in [0.4, 0.5) is 9.59 Å². The van der Waals surface area contributed by atoms with E-state index in [9.17, 15) is 24.4 Å². The molecule has 0 aliphatic carbocycles. The van der Waals surface area contributed by atoms with Gasteiger partial charge in [0.2, 0.25) is 11.8 Å². The van der Waals surface area contributed by atoms with Crippen molar-refractivity contribution in [1.82, 2.24) is 40.4 Å². The lowest BCUT2D eigenvalue weighted by molar-refractivity contribution is -0.137. The zero-order valence-electron chi connectivity index (χ0n) is 37.4. The van der Waals surface area contributed by atoms with Crippen LogP contribution in [-0.4, -0.2) is 106 Å². The summed E-state index contributed by atoms with van der Waals surface area (Å²) < 4.78 is 21.5. The van der Waals surface area contributed by atoms with Gasteiger partial charge in [0, 0.05) is 42.1 Å². The van der Waals surface area contributed by atoms with E-state index < -0.39 is 30.3 Å². The highest BCUT2D eigenvalue weighted by Crippen LogP contribution is 2.44. The minimum atomic E-state index is -0.824. The Hall–Kier alpha value is -6.67. The number of fused-ring (bicyclic) bond motifs is 6. The van der Waals surface area contributed by atoms with Gasteiger partial charge in [-0.25, -0.2) is 19.6 Å². The van der Waals surface area contributed by atoms with Gasteiger partial charge in [0.05, 0.1) is 49.6 Å². The van der Waals surface area contributed by atoms with E-state index in [1.165, 1.54) is 14.2 Å². The van der Waals surface area contributed by atoms with Gasteiger partial charge in [-0.15, -0.1) is 0 Å². The van der Waals surface area contributed by atoms with E-state index in [0.29, 0.717) is 42.7 Å². The number of aromatic amines is 2. The Labute approximate surface area is 371 Å². The second-order valence-electron chi connectivity index (χ2n) is 17.7. The number of H-pyrrole nitrogens is 2. The van der Waals surface area contributed by atoms with Gasteiger partial charge in [-0.05, 0) is 78.8 Å². The second-order valence-corrected chi connectivity index (χ2v) is 17.7. The number of rotatable bonds is 11. The van der Waals surface area contributed by atoms with Gasteiger partial charge in [-0.2, -0.15) is 5.26 Å². The molecule has 2 fully saturated rings. The minimum Gasteiger partial charge on any atom is -0.488 e. The molecule has 4 amide bonds. The van der Waals surface area contributed by atoms with Crippen molar-refractivity contribution in [2.45, 2.75) is 90.7 Å². The summed E-state index contributed by atoms with van der Waals surface area (Å²) in [6, 6.07) is 14.0. The zero-order chi connectivity index (χ0) is 45.6. The normalized spacial score (nSPS) is 20.1. The molecule has 3 aliphatic heterocycles. The first-order valence-electron chi connectivity index (χ1n) is 21.8. The monoisotopic (exact) mass is 873 g/mol. The molecule has 3 aromatic carbocycles. The maximum absolute atomic E-state index is 14.0. The number of nitriles is 1. The van der Waals surface area contributed by atoms with Crippen LogP contribution in [0.5, 0.6) is 5.75 Å². The number of amides is 4. The van der Waals surface area contributed by atoms with Gasteiger partial charge >= 0.3 is 12.2 Å². The van der Waals surface area contributed by atoms with Gasteiger partial charge in [0.25, 0.3) is 0 Å². The Morgan fingerprint density at radius 2 is 1.58 bits per heavy atom. The fraction of sp³-hybridized carbons (Fsp3) is 0.468. The summed E-state index contributed by atoms with van der Waals surface area (Å²) in [7, 11) is 4.17. The van der Waals surface area contributed by atoms with Gasteiger partial charge in [-0.1, -0.05) is 45.9 Å². The van der Waals surface area contributed by atoms with Gasteiger partial charge in [0.15, 0.2) is 5.69 Å². The fourth-order valence-electron chi connectivity index (χ4n) is 9.60. The molecule has 2 aromatic heterocycles. The third-order valence-corrected chi connectivity index (χ3v) is 12.9. The number of aromatic nitrogens is 4. The van der Waals surface area contributed by atoms with Crippen LogP contribution in [0, 0.1) is 29.1 Å². The lowest BCUT2D eigenvalue weighted by Gasteiger charge is -2.32. The van der Waals surface area contributed by atoms with Crippen molar-refractivity contribution in [3.63, 3.8) is 0 Å². The third kappa shape index (κ3) is 8.06. The van der Waals surface area contributed by atoms with Gasteiger partial charge in [0.1, 0.15) is 42.2 Å². The molecule has 64 heavy (non-hydrogen) atoms. The number of methoxy groups -OCH3 is 3. The molecule has 5 heterocycles. The summed E-state index contributed by atoms with van der Waals surface area (Å²) in [6.07, 6.45) is 0.743. The van der Waals surface area contributed by atoms with Crippen molar-refractivity contribution < 1.29 is 38.1 Å². The smallest absolute Gasteiger partial charge is 0.407 e. The van der Waals surface area contributed by atoms with Crippen molar-refractivity contribution >= 4 is 45.8 Å². The zero-order valence-corrected chi connectivity index (χ0v) is 37.4. The van der Waals surface area contributed by atoms with Crippen LogP contribution >= 0.6 is 0 Å². The Kier molecular flexibility index (Phi) is 12.3. The number of hydrogen-bond donors (Lipinski definition) is 4. The number of carbonyl (C=O) groups excluding carboxylic acids is 4. The minimum absolute atomic E-state index is 0.0187. The first kappa shape index (κ1) is 44.0. The Morgan fingerprint density at radius 3 is 2.25 bits per heavy atom. The van der Waals surface area contributed by atoms with E-state index in [0.717, 1.165) is 56.9 Å². The average molecular weight is 874 g/mol. The SMILES string of the molecule is COC[C@H]1C[C@@H](c2nc(C#N)c(-c3ccc4c(c3)COc3cc5c(ccc6[nH]c([C@@H]7CC[C@H](C)N7C(=O)[C@@H](NC(=O)OC)C(C)C)nc65)cc3-4)[nH]2)N(C(=O)[C@@H](NC(=O)OC)C(C)C)C1. The average Bonchev–Trinajstić information content (AvgIpc) is 4.10. The number of likely N-dealkylation sites (tertiary alicyclic amines) is 2. The van der Waals surface area contributed by atoms with Crippen LogP contribution in [-0.2, 0) is 30.4 Å². The van der Waals surface area contributed by atoms with Crippen LogP contribution in [0.15, 0.2) is 42.5 Å². The lowest BCUT2D eigenvalue weighted by atomic mass is 9.92. The molecule has 0 unspecified atom stereocenters. The van der Waals surface area contributed by atoms with Crippen molar-refractivity contribution in [2.75, 3.05) is 34.5 Å². The largest absolute Gasteiger partial charge is 0.488 e. The summed E-state index contributed by atoms with van der Waals surface area (Å²) in [5, 5.41) is 17.6. The summed E-state index contributed by atoms with van der Waals surface area (Å²) in [5.74, 6) is 1.10. The summed E-state index contributed by atoms with van der Waals surface area (Å²) in [5.41, 5.74) is 5.95. The first-order chi connectivity index (χ1) is 30.7. The number of alkyl carbamates (subject to hydrolysis) is 2. The number of carbonyl (C=O) groups is 4. The van der Waals surface area contributed by atoms with Crippen molar-refractivity contribution in [2.24, 2.45) is 17.8 Å². The summed E-state index contributed by atoms with van der Waals surface area (Å²) in [6.45, 7) is 10.7. The maximum atomic E-state index is 14.0. The molecule has 2 saturated heterocycles. The second kappa shape index (κ2) is 17.8. The van der Waals surface area contributed by atoms with E-state index in [-0.39, 0.29) is 54.0 Å². The molecular weight excluding hydrogens is 819 g/mol. The van der Waals surface area contributed by atoms with Crippen molar-refractivity contribution in [3.05, 3.63) is 65.4 Å². The molecule has 6 atom stereocenters. The summed E-state index contributed by atoms with van der Waals surface area (Å²) >= 11 is 0. The molecule has 336 valence electrons. The lowest BCUT2D eigenvalue weighted by Crippen LogP contribution is -2.52. The highest BCUT2D eigenvalue weighted by Gasteiger charge is 2.43. The molecule has 0 saturated carbocycles. The number of imidazole rings is 2. The molecule has 3 aliphatic rings. The van der Waals surface area contributed by atoms with Crippen molar-refractivity contribution in [3.8, 4) is 34.2 Å². The highest BCUT2D eigenvalue weighted by molar-refractivity contribution is 6.07. The molecule has 0 radical (unpaired) electrons. The topological polar surface area (TPSA) is 217 Å². The van der Waals surface area contributed by atoms with Crippen LogP contribution < -0.4 is 15.4 Å². The number of ether oxygens (including phenoxy) is 4. The van der Waals surface area contributed by atoms with Crippen molar-refractivity contribution in [1.29, 1.82) is 5.26 Å². The number of hydrogen-bond acceptors (Lipinski definition) is 11. The van der Waals surface area contributed by atoms with E-state index in [1.54, 1.807) is 12.0 Å². The molecule has 17 nitrogen and oxygen atoms in total. The van der Waals surface area contributed by atoms with Crippen LogP contribution in [0.2, 0.25) is 0 Å². The molecule has 4 N–H and O–H groups in total. The molecule has 0 spiro atoms. The van der Waals surface area contributed by atoms with Gasteiger partial charge in [-0.3, -0.25) is 9.59 Å². The van der Waals surface area contributed by atoms with E-state index in [1.807, 2.05) is 75.9 Å². The molecular formula is C47H55N9O8. The summed E-state index contributed by atoms with van der Waals surface area (Å²) in [4.78, 5) is 72.7. The fourth-order valence-corrected chi connectivity index (χ4v) is 9.60. The van der Waals surface area contributed by atoms with Gasteiger partial charge < -0.3 is 49.3 Å². The molecule has 0 bridgehead atoms. The Morgan fingerprint density at radius 1 is 0.875 bits per heavy atom. The number of benzene rings is 3. The van der Waals surface area contributed by atoms with E-state index >= 15 is 0 Å². The standard InChI is InChI=1S/C47H55N9O8/c1-23(2)38(53-46(59)62-7)44(57)55-20-26(21-61-6)15-36(55)43-50-34(19-48)40(51-43)28-10-12-30-29(16-28)22-64-37-18-31-27(17-32(30)37)11-13-33-41(31)52-42(49-33)35-14-9-25(5)56(35)45(58)39(24(3)4)54-47(60)63-8/h10-13,16-18,23-26,35-36,38-39H,9,14-15,20-22H2,1-8H3,(H,49,52)(H,50,51)(H,53,59)(H,54,60)/t25-,26-,35-,36-,38-,39-/m0/s1. The number of nitrogens with one attached hydrogen (secondary N) is 4. The van der Waals surface area contributed by atoms with E-state index in [4.69, 9.17) is 28.9 Å².